The van der Waals surface area contributed by atoms with E-state index in [9.17, 15) is 14.0 Å². The summed E-state index contributed by atoms with van der Waals surface area (Å²) in [7, 11) is 1.24. The number of anilines is 1. The van der Waals surface area contributed by atoms with Crippen molar-refractivity contribution in [2.45, 2.75) is 0 Å². The van der Waals surface area contributed by atoms with Crippen molar-refractivity contribution in [2.75, 3.05) is 12.4 Å². The van der Waals surface area contributed by atoms with Crippen LogP contribution in [0.25, 0.3) is 11.3 Å². The second-order valence-electron chi connectivity index (χ2n) is 5.31. The number of ether oxygens (including phenoxy) is 1. The minimum atomic E-state index is -0.608. The predicted molar refractivity (Wildman–Crippen MR) is 94.8 cm³/mol. The normalized spacial score (nSPS) is 10.4. The molecular formula is C19H13ClFNO4. The van der Waals surface area contributed by atoms with Gasteiger partial charge >= 0.3 is 5.97 Å². The summed E-state index contributed by atoms with van der Waals surface area (Å²) in [5.74, 6) is -1.10. The topological polar surface area (TPSA) is 68.5 Å². The Balaban J connectivity index is 1.84. The van der Waals surface area contributed by atoms with Crippen molar-refractivity contribution in [3.8, 4) is 11.3 Å². The monoisotopic (exact) mass is 373 g/mol. The molecule has 132 valence electrons. The van der Waals surface area contributed by atoms with Gasteiger partial charge in [0.25, 0.3) is 5.91 Å². The van der Waals surface area contributed by atoms with Gasteiger partial charge in [-0.3, -0.25) is 4.79 Å². The van der Waals surface area contributed by atoms with E-state index in [0.29, 0.717) is 16.3 Å². The average Bonchev–Trinajstić information content (AvgIpc) is 3.12. The summed E-state index contributed by atoms with van der Waals surface area (Å²) in [5.41, 5.74) is 0.994. The number of carbonyl (C=O) groups excluding carboxylic acids is 2. The second kappa shape index (κ2) is 7.41. The molecule has 0 bridgehead atoms. The third-order valence-electron chi connectivity index (χ3n) is 3.59. The first-order chi connectivity index (χ1) is 12.5. The van der Waals surface area contributed by atoms with E-state index in [2.05, 4.69) is 10.1 Å². The van der Waals surface area contributed by atoms with Gasteiger partial charge in [-0.1, -0.05) is 11.6 Å². The van der Waals surface area contributed by atoms with E-state index in [1.54, 1.807) is 18.2 Å². The van der Waals surface area contributed by atoms with Gasteiger partial charge < -0.3 is 14.5 Å². The lowest BCUT2D eigenvalue weighted by atomic mass is 10.1. The van der Waals surface area contributed by atoms with Crippen LogP contribution in [0.2, 0.25) is 5.02 Å². The third kappa shape index (κ3) is 3.75. The van der Waals surface area contributed by atoms with Crippen LogP contribution in [0.5, 0.6) is 0 Å². The smallest absolute Gasteiger partial charge is 0.339 e. The molecule has 0 aliphatic rings. The highest BCUT2D eigenvalue weighted by Crippen LogP contribution is 2.25. The highest BCUT2D eigenvalue weighted by atomic mass is 35.5. The van der Waals surface area contributed by atoms with E-state index < -0.39 is 11.9 Å². The molecule has 0 atom stereocenters. The van der Waals surface area contributed by atoms with E-state index in [-0.39, 0.29) is 22.8 Å². The molecule has 0 fully saturated rings. The molecule has 0 saturated carbocycles. The number of halogens is 2. The molecule has 3 aromatic rings. The van der Waals surface area contributed by atoms with Crippen LogP contribution >= 0.6 is 11.6 Å². The first-order valence-electron chi connectivity index (χ1n) is 7.53. The number of hydrogen-bond donors (Lipinski definition) is 1. The number of carbonyl (C=O) groups is 2. The van der Waals surface area contributed by atoms with Crippen LogP contribution in [0.1, 0.15) is 20.9 Å². The summed E-state index contributed by atoms with van der Waals surface area (Å²) >= 11 is 5.93. The fourth-order valence-electron chi connectivity index (χ4n) is 2.32. The van der Waals surface area contributed by atoms with E-state index in [4.69, 9.17) is 16.0 Å². The maximum absolute atomic E-state index is 13.0. The Bertz CT molecular complexity index is 966. The average molecular weight is 374 g/mol. The van der Waals surface area contributed by atoms with E-state index in [1.807, 2.05) is 0 Å². The molecule has 0 aliphatic heterocycles. The van der Waals surface area contributed by atoms with Crippen LogP contribution in [-0.4, -0.2) is 19.0 Å². The van der Waals surface area contributed by atoms with Crippen LogP contribution in [0.15, 0.2) is 59.0 Å². The zero-order chi connectivity index (χ0) is 18.7. The molecule has 3 rings (SSSR count). The number of nitrogens with one attached hydrogen (secondary N) is 1. The first kappa shape index (κ1) is 17.7. The van der Waals surface area contributed by atoms with Gasteiger partial charge in [-0.25, -0.2) is 9.18 Å². The minimum Gasteiger partial charge on any atom is -0.465 e. The Morgan fingerprint density at radius 2 is 1.81 bits per heavy atom. The number of rotatable bonds is 4. The highest BCUT2D eigenvalue weighted by Gasteiger charge is 2.18. The summed E-state index contributed by atoms with van der Waals surface area (Å²) in [5, 5.41) is 2.93. The van der Waals surface area contributed by atoms with Gasteiger partial charge in [-0.05, 0) is 54.6 Å². The SMILES string of the molecule is COC(=O)c1ccc(Cl)cc1NC(=O)c1ccc(-c2ccc(F)cc2)o1. The standard InChI is InChI=1S/C19H13ClFNO4/c1-25-19(24)14-7-4-12(20)10-15(14)22-18(23)17-9-8-16(26-17)11-2-5-13(21)6-3-11/h2-10H,1H3,(H,22,23). The molecule has 0 radical (unpaired) electrons. The van der Waals surface area contributed by atoms with Gasteiger partial charge in [0.2, 0.25) is 0 Å². The van der Waals surface area contributed by atoms with E-state index in [0.717, 1.165) is 0 Å². The lowest BCUT2D eigenvalue weighted by Gasteiger charge is -2.09. The second-order valence-corrected chi connectivity index (χ2v) is 5.74. The summed E-state index contributed by atoms with van der Waals surface area (Å²) in [6.07, 6.45) is 0. The van der Waals surface area contributed by atoms with Crippen LogP contribution in [0, 0.1) is 5.82 Å². The number of furan rings is 1. The summed E-state index contributed by atoms with van der Waals surface area (Å²) in [6, 6.07) is 13.2. The van der Waals surface area contributed by atoms with Crippen LogP contribution in [0.3, 0.4) is 0 Å². The minimum absolute atomic E-state index is 0.0279. The van der Waals surface area contributed by atoms with Gasteiger partial charge in [0, 0.05) is 10.6 Å². The van der Waals surface area contributed by atoms with Crippen LogP contribution in [0.4, 0.5) is 10.1 Å². The molecule has 26 heavy (non-hydrogen) atoms. The molecule has 1 aromatic heterocycles. The molecule has 7 heteroatoms. The van der Waals surface area contributed by atoms with Crippen molar-refractivity contribution in [1.82, 2.24) is 0 Å². The van der Waals surface area contributed by atoms with E-state index >= 15 is 0 Å². The Hall–Kier alpha value is -3.12. The number of esters is 1. The number of methoxy groups -OCH3 is 1. The molecule has 0 saturated heterocycles. The Kier molecular flexibility index (Phi) is 5.04. The van der Waals surface area contributed by atoms with Crippen LogP contribution in [-0.2, 0) is 4.74 Å². The van der Waals surface area contributed by atoms with E-state index in [1.165, 1.54) is 43.5 Å². The zero-order valence-corrected chi connectivity index (χ0v) is 14.3. The van der Waals surface area contributed by atoms with Crippen LogP contribution < -0.4 is 5.32 Å². The fraction of sp³-hybridized carbons (Fsp3) is 0.0526. The largest absolute Gasteiger partial charge is 0.465 e. The van der Waals surface area contributed by atoms with Crippen molar-refractivity contribution in [2.24, 2.45) is 0 Å². The van der Waals surface area contributed by atoms with Crippen molar-refractivity contribution >= 4 is 29.2 Å². The predicted octanol–water partition coefficient (Wildman–Crippen LogP) is 4.78. The molecule has 0 aliphatic carbocycles. The molecule has 1 amide bonds. The maximum Gasteiger partial charge on any atom is 0.339 e. The Labute approximate surface area is 153 Å². The molecule has 1 N–H and O–H groups in total. The van der Waals surface area contributed by atoms with Gasteiger partial charge in [0.15, 0.2) is 5.76 Å². The Morgan fingerprint density at radius 1 is 1.08 bits per heavy atom. The van der Waals surface area contributed by atoms with Crippen molar-refractivity contribution in [3.05, 3.63) is 76.8 Å². The summed E-state index contributed by atoms with van der Waals surface area (Å²) in [6.45, 7) is 0. The van der Waals surface area contributed by atoms with Crippen molar-refractivity contribution < 1.29 is 23.1 Å². The first-order valence-corrected chi connectivity index (χ1v) is 7.90. The molecule has 5 nitrogen and oxygen atoms in total. The fourth-order valence-corrected chi connectivity index (χ4v) is 2.49. The quantitative estimate of drug-likeness (QED) is 0.668. The maximum atomic E-state index is 13.0. The third-order valence-corrected chi connectivity index (χ3v) is 3.83. The number of benzene rings is 2. The molecule has 1 heterocycles. The zero-order valence-electron chi connectivity index (χ0n) is 13.6. The van der Waals surface area contributed by atoms with Crippen molar-refractivity contribution in [1.29, 1.82) is 0 Å². The summed E-state index contributed by atoms with van der Waals surface area (Å²) in [4.78, 5) is 24.2. The highest BCUT2D eigenvalue weighted by molar-refractivity contribution is 6.31. The van der Waals surface area contributed by atoms with Gasteiger partial charge in [-0.2, -0.15) is 0 Å². The Morgan fingerprint density at radius 3 is 2.50 bits per heavy atom. The molecule has 0 spiro atoms. The summed E-state index contributed by atoms with van der Waals surface area (Å²) < 4.78 is 23.2. The van der Waals surface area contributed by atoms with Gasteiger partial charge in [0.1, 0.15) is 11.6 Å². The molecular weight excluding hydrogens is 361 g/mol. The van der Waals surface area contributed by atoms with Gasteiger partial charge in [-0.15, -0.1) is 0 Å². The number of hydrogen-bond acceptors (Lipinski definition) is 4. The molecule has 0 unspecified atom stereocenters. The van der Waals surface area contributed by atoms with Gasteiger partial charge in [0.05, 0.1) is 18.4 Å². The lowest BCUT2D eigenvalue weighted by molar-refractivity contribution is 0.0602. The number of amides is 1. The molecule has 2 aromatic carbocycles. The van der Waals surface area contributed by atoms with Crippen molar-refractivity contribution in [3.63, 3.8) is 0 Å². The lowest BCUT2D eigenvalue weighted by Crippen LogP contribution is -2.14.